The molecule has 0 bridgehead atoms. The van der Waals surface area contributed by atoms with Crippen LogP contribution in [0.3, 0.4) is 0 Å². The molecule has 0 heterocycles. The van der Waals surface area contributed by atoms with Crippen LogP contribution in [0.25, 0.3) is 0 Å². The average molecular weight is 248 g/mol. The third-order valence-corrected chi connectivity index (χ3v) is 3.65. The lowest BCUT2D eigenvalue weighted by molar-refractivity contribution is -0.0711. The molecule has 0 N–H and O–H groups in total. The number of hydrogen-bond donors (Lipinski definition) is 0. The van der Waals surface area contributed by atoms with Crippen LogP contribution in [-0.4, -0.2) is 12.9 Å². The fraction of sp³-hybridized carbons (Fsp3) is 0.625. The third-order valence-electron chi connectivity index (χ3n) is 3.65. The monoisotopic (exact) mass is 248 g/mol. The summed E-state index contributed by atoms with van der Waals surface area (Å²) in [4.78, 5) is 0. The Morgan fingerprint density at radius 1 is 1.11 bits per heavy atom. The molecule has 0 amide bonds. The minimum atomic E-state index is -0.156. The van der Waals surface area contributed by atoms with Gasteiger partial charge in [-0.05, 0) is 31.4 Å². The molecule has 0 saturated heterocycles. The molecule has 1 aliphatic rings. The maximum absolute atomic E-state index is 5.73. The van der Waals surface area contributed by atoms with Crippen molar-refractivity contribution < 1.29 is 9.47 Å². The quantitative estimate of drug-likeness (QED) is 0.695. The molecule has 0 aromatic heterocycles. The Kier molecular flexibility index (Phi) is 5.53. The van der Waals surface area contributed by atoms with Gasteiger partial charge >= 0.3 is 0 Å². The van der Waals surface area contributed by atoms with E-state index in [4.69, 9.17) is 9.47 Å². The molecule has 18 heavy (non-hydrogen) atoms. The lowest BCUT2D eigenvalue weighted by Gasteiger charge is -2.22. The second-order valence-corrected chi connectivity index (χ2v) is 5.16. The molecular weight excluding hydrogens is 224 g/mol. The standard InChI is InChI=1S/C16H24O2/c1-14(18-16-10-6-3-7-11-16)17-13-12-15-8-4-2-5-9-15/h3,6-7,10-11,14-15H,2,4-5,8-9,12-13H2,1H3. The van der Waals surface area contributed by atoms with E-state index < -0.39 is 0 Å². The van der Waals surface area contributed by atoms with Gasteiger partial charge in [-0.1, -0.05) is 50.3 Å². The van der Waals surface area contributed by atoms with Crippen molar-refractivity contribution >= 4 is 0 Å². The summed E-state index contributed by atoms with van der Waals surface area (Å²) in [5.41, 5.74) is 0. The summed E-state index contributed by atoms with van der Waals surface area (Å²) >= 11 is 0. The molecule has 1 saturated carbocycles. The van der Waals surface area contributed by atoms with Crippen LogP contribution in [0, 0.1) is 5.92 Å². The van der Waals surface area contributed by atoms with Crippen LogP contribution in [-0.2, 0) is 4.74 Å². The van der Waals surface area contributed by atoms with Gasteiger partial charge < -0.3 is 9.47 Å². The van der Waals surface area contributed by atoms with Gasteiger partial charge in [0.1, 0.15) is 5.75 Å². The van der Waals surface area contributed by atoms with Crippen LogP contribution in [0.5, 0.6) is 5.75 Å². The second kappa shape index (κ2) is 7.42. The van der Waals surface area contributed by atoms with Crippen molar-refractivity contribution in [2.75, 3.05) is 6.61 Å². The van der Waals surface area contributed by atoms with Crippen LogP contribution in [0.4, 0.5) is 0 Å². The summed E-state index contributed by atoms with van der Waals surface area (Å²) in [6.45, 7) is 2.78. The summed E-state index contributed by atoms with van der Waals surface area (Å²) in [6.07, 6.45) is 8.03. The summed E-state index contributed by atoms with van der Waals surface area (Å²) in [5.74, 6) is 1.75. The predicted octanol–water partition coefficient (Wildman–Crippen LogP) is 4.40. The topological polar surface area (TPSA) is 18.5 Å². The fourth-order valence-electron chi connectivity index (χ4n) is 2.60. The highest BCUT2D eigenvalue weighted by Gasteiger charge is 2.13. The van der Waals surface area contributed by atoms with Gasteiger partial charge in [-0.15, -0.1) is 0 Å². The maximum atomic E-state index is 5.73. The molecule has 1 aliphatic carbocycles. The van der Waals surface area contributed by atoms with E-state index in [2.05, 4.69) is 0 Å². The molecule has 2 rings (SSSR count). The van der Waals surface area contributed by atoms with Gasteiger partial charge in [-0.3, -0.25) is 0 Å². The van der Waals surface area contributed by atoms with Crippen LogP contribution in [0.1, 0.15) is 45.4 Å². The molecule has 1 unspecified atom stereocenters. The molecule has 1 aromatic carbocycles. The predicted molar refractivity (Wildman–Crippen MR) is 73.7 cm³/mol. The molecule has 1 fully saturated rings. The van der Waals surface area contributed by atoms with Crippen molar-refractivity contribution in [1.82, 2.24) is 0 Å². The van der Waals surface area contributed by atoms with E-state index in [1.807, 2.05) is 37.3 Å². The molecule has 2 heteroatoms. The average Bonchev–Trinajstić information content (AvgIpc) is 2.41. The van der Waals surface area contributed by atoms with Gasteiger partial charge in [-0.25, -0.2) is 0 Å². The smallest absolute Gasteiger partial charge is 0.196 e. The van der Waals surface area contributed by atoms with Gasteiger partial charge in [0.2, 0.25) is 0 Å². The van der Waals surface area contributed by atoms with E-state index in [-0.39, 0.29) is 6.29 Å². The van der Waals surface area contributed by atoms with Gasteiger partial charge in [0.05, 0.1) is 6.61 Å². The second-order valence-electron chi connectivity index (χ2n) is 5.16. The van der Waals surface area contributed by atoms with Crippen molar-refractivity contribution in [3.05, 3.63) is 30.3 Å². The number of benzene rings is 1. The first-order valence-corrected chi connectivity index (χ1v) is 7.18. The first-order chi connectivity index (χ1) is 8.84. The van der Waals surface area contributed by atoms with Crippen molar-refractivity contribution in [3.8, 4) is 5.75 Å². The third kappa shape index (κ3) is 4.69. The SMILES string of the molecule is CC(OCCC1CCCCC1)Oc1ccccc1. The lowest BCUT2D eigenvalue weighted by Crippen LogP contribution is -2.19. The number of para-hydroxylation sites is 1. The minimum absolute atomic E-state index is 0.156. The zero-order chi connectivity index (χ0) is 12.6. The Morgan fingerprint density at radius 3 is 2.56 bits per heavy atom. The molecule has 1 atom stereocenters. The molecule has 100 valence electrons. The molecule has 0 aliphatic heterocycles. The summed E-state index contributed by atoms with van der Waals surface area (Å²) in [5, 5.41) is 0. The van der Waals surface area contributed by atoms with E-state index >= 15 is 0 Å². The Hall–Kier alpha value is -1.02. The van der Waals surface area contributed by atoms with E-state index in [0.717, 1.165) is 18.3 Å². The molecule has 1 aromatic rings. The summed E-state index contributed by atoms with van der Waals surface area (Å²) in [7, 11) is 0. The first kappa shape index (κ1) is 13.4. The fourth-order valence-corrected chi connectivity index (χ4v) is 2.60. The highest BCUT2D eigenvalue weighted by Crippen LogP contribution is 2.26. The first-order valence-electron chi connectivity index (χ1n) is 7.18. The summed E-state index contributed by atoms with van der Waals surface area (Å²) < 4.78 is 11.4. The Morgan fingerprint density at radius 2 is 1.83 bits per heavy atom. The van der Waals surface area contributed by atoms with Crippen LogP contribution >= 0.6 is 0 Å². The highest BCUT2D eigenvalue weighted by atomic mass is 16.7. The zero-order valence-electron chi connectivity index (χ0n) is 11.3. The van der Waals surface area contributed by atoms with Gasteiger partial charge in [0.15, 0.2) is 6.29 Å². The van der Waals surface area contributed by atoms with E-state index in [1.165, 1.54) is 38.5 Å². The van der Waals surface area contributed by atoms with E-state index in [9.17, 15) is 0 Å². The lowest BCUT2D eigenvalue weighted by atomic mass is 9.87. The Bertz CT molecular complexity index is 317. The number of ether oxygens (including phenoxy) is 2. The van der Waals surface area contributed by atoms with Crippen molar-refractivity contribution in [2.45, 2.75) is 51.7 Å². The summed E-state index contributed by atoms with van der Waals surface area (Å²) in [6, 6.07) is 9.86. The molecule has 0 radical (unpaired) electrons. The van der Waals surface area contributed by atoms with Crippen molar-refractivity contribution in [3.63, 3.8) is 0 Å². The van der Waals surface area contributed by atoms with Gasteiger partial charge in [0.25, 0.3) is 0 Å². The molecule has 2 nitrogen and oxygen atoms in total. The Labute approximate surface area is 110 Å². The van der Waals surface area contributed by atoms with Crippen LogP contribution < -0.4 is 4.74 Å². The van der Waals surface area contributed by atoms with E-state index in [0.29, 0.717) is 0 Å². The molecular formula is C16H24O2. The zero-order valence-corrected chi connectivity index (χ0v) is 11.3. The van der Waals surface area contributed by atoms with Gasteiger partial charge in [0, 0.05) is 0 Å². The van der Waals surface area contributed by atoms with Crippen molar-refractivity contribution in [2.24, 2.45) is 5.92 Å². The largest absolute Gasteiger partial charge is 0.465 e. The molecule has 0 spiro atoms. The van der Waals surface area contributed by atoms with Crippen molar-refractivity contribution in [1.29, 1.82) is 0 Å². The van der Waals surface area contributed by atoms with Gasteiger partial charge in [-0.2, -0.15) is 0 Å². The Balaban J connectivity index is 1.61. The minimum Gasteiger partial charge on any atom is -0.465 e. The highest BCUT2D eigenvalue weighted by molar-refractivity contribution is 5.20. The number of rotatable bonds is 6. The maximum Gasteiger partial charge on any atom is 0.196 e. The number of hydrogen-bond acceptors (Lipinski definition) is 2. The normalized spacial score (nSPS) is 18.5. The van der Waals surface area contributed by atoms with Crippen LogP contribution in [0.15, 0.2) is 30.3 Å². The van der Waals surface area contributed by atoms with Crippen LogP contribution in [0.2, 0.25) is 0 Å². The van der Waals surface area contributed by atoms with E-state index in [1.54, 1.807) is 0 Å².